The zero-order valence-electron chi connectivity index (χ0n) is 14.1. The summed E-state index contributed by atoms with van der Waals surface area (Å²) in [6.07, 6.45) is 3.11. The molecule has 23 heavy (non-hydrogen) atoms. The second-order valence-electron chi connectivity index (χ2n) is 5.80. The summed E-state index contributed by atoms with van der Waals surface area (Å²) in [5.74, 6) is -0.0855. The third kappa shape index (κ3) is 6.74. The molecular formula is C14H28N4O4S. The van der Waals surface area contributed by atoms with E-state index in [0.717, 1.165) is 25.8 Å². The van der Waals surface area contributed by atoms with Crippen molar-refractivity contribution in [1.82, 2.24) is 20.3 Å². The Labute approximate surface area is 138 Å². The largest absolute Gasteiger partial charge is 0.338 e. The van der Waals surface area contributed by atoms with Gasteiger partial charge >= 0.3 is 6.03 Å². The van der Waals surface area contributed by atoms with E-state index in [2.05, 4.69) is 15.4 Å². The van der Waals surface area contributed by atoms with Crippen LogP contribution in [0.15, 0.2) is 0 Å². The molecular weight excluding hydrogens is 320 g/mol. The van der Waals surface area contributed by atoms with E-state index in [9.17, 15) is 18.0 Å². The van der Waals surface area contributed by atoms with Crippen LogP contribution in [0.1, 0.15) is 40.0 Å². The summed E-state index contributed by atoms with van der Waals surface area (Å²) < 4.78 is 24.8. The Kier molecular flexibility index (Phi) is 7.77. The lowest BCUT2D eigenvalue weighted by Gasteiger charge is -2.35. The van der Waals surface area contributed by atoms with Crippen molar-refractivity contribution in [2.45, 2.75) is 52.1 Å². The fraction of sp³-hybridized carbons (Fsp3) is 0.857. The molecule has 0 saturated carbocycles. The molecule has 0 bridgehead atoms. The Bertz CT molecular complexity index is 509. The van der Waals surface area contributed by atoms with Gasteiger partial charge in [0.25, 0.3) is 0 Å². The molecule has 134 valence electrons. The van der Waals surface area contributed by atoms with E-state index < -0.39 is 22.1 Å². The van der Waals surface area contributed by atoms with Crippen LogP contribution in [0.2, 0.25) is 0 Å². The first-order valence-corrected chi connectivity index (χ1v) is 9.74. The minimum absolute atomic E-state index is 0.00124. The molecule has 8 nitrogen and oxygen atoms in total. The molecule has 3 N–H and O–H groups in total. The van der Waals surface area contributed by atoms with E-state index in [1.165, 1.54) is 6.92 Å². The molecule has 0 aromatic heterocycles. The van der Waals surface area contributed by atoms with Gasteiger partial charge in [-0.05, 0) is 40.0 Å². The first-order valence-electron chi connectivity index (χ1n) is 8.09. The predicted octanol–water partition coefficient (Wildman–Crippen LogP) is 0.0144. The van der Waals surface area contributed by atoms with Gasteiger partial charge in [0.05, 0.1) is 5.75 Å². The van der Waals surface area contributed by atoms with Gasteiger partial charge in [0.15, 0.2) is 0 Å². The molecule has 2 unspecified atom stereocenters. The van der Waals surface area contributed by atoms with Crippen LogP contribution < -0.4 is 15.4 Å². The Balaban J connectivity index is 2.31. The van der Waals surface area contributed by atoms with Gasteiger partial charge in [0.2, 0.25) is 15.9 Å². The third-order valence-corrected chi connectivity index (χ3v) is 5.32. The zero-order valence-corrected chi connectivity index (χ0v) is 14.9. The normalized spacial score (nSPS) is 20.0. The summed E-state index contributed by atoms with van der Waals surface area (Å²) in [6.45, 7) is 6.22. The van der Waals surface area contributed by atoms with Crippen LogP contribution in [0.3, 0.4) is 0 Å². The molecule has 0 radical (unpaired) electrons. The number of nitrogens with zero attached hydrogens (tertiary/aromatic N) is 1. The maximum absolute atomic E-state index is 12.3. The van der Waals surface area contributed by atoms with Crippen molar-refractivity contribution in [3.63, 3.8) is 0 Å². The van der Waals surface area contributed by atoms with Crippen molar-refractivity contribution >= 4 is 22.0 Å². The second kappa shape index (κ2) is 9.07. The molecule has 3 amide bonds. The highest BCUT2D eigenvalue weighted by atomic mass is 32.2. The van der Waals surface area contributed by atoms with E-state index in [0.29, 0.717) is 0 Å². The Morgan fingerprint density at radius 1 is 1.26 bits per heavy atom. The molecule has 0 spiro atoms. The SMILES string of the molecule is CCS(=O)(=O)NCCNC(=O)NC(C)C(=O)N1CCCCC1C. The minimum Gasteiger partial charge on any atom is -0.338 e. The van der Waals surface area contributed by atoms with Gasteiger partial charge in [-0.25, -0.2) is 17.9 Å². The van der Waals surface area contributed by atoms with E-state index in [1.54, 1.807) is 6.92 Å². The lowest BCUT2D eigenvalue weighted by Crippen LogP contribution is -2.53. The number of nitrogens with one attached hydrogen (secondary N) is 3. The number of carbonyl (C=O) groups excluding carboxylic acids is 2. The molecule has 1 aliphatic rings. The molecule has 1 aliphatic heterocycles. The van der Waals surface area contributed by atoms with Gasteiger partial charge in [-0.2, -0.15) is 0 Å². The third-order valence-electron chi connectivity index (χ3n) is 3.92. The van der Waals surface area contributed by atoms with Crippen molar-refractivity contribution in [1.29, 1.82) is 0 Å². The summed E-state index contributed by atoms with van der Waals surface area (Å²) in [5.41, 5.74) is 0. The number of carbonyl (C=O) groups is 2. The van der Waals surface area contributed by atoms with Crippen LogP contribution in [-0.2, 0) is 14.8 Å². The van der Waals surface area contributed by atoms with Gasteiger partial charge in [-0.1, -0.05) is 0 Å². The van der Waals surface area contributed by atoms with Crippen molar-refractivity contribution in [2.24, 2.45) is 0 Å². The Morgan fingerprint density at radius 2 is 1.96 bits per heavy atom. The lowest BCUT2D eigenvalue weighted by molar-refractivity contribution is -0.136. The molecule has 1 heterocycles. The number of likely N-dealkylation sites (tertiary alicyclic amines) is 1. The summed E-state index contributed by atoms with van der Waals surface area (Å²) in [7, 11) is -3.26. The highest BCUT2D eigenvalue weighted by Crippen LogP contribution is 2.17. The maximum Gasteiger partial charge on any atom is 0.315 e. The molecule has 0 aromatic rings. The Hall–Kier alpha value is -1.35. The van der Waals surface area contributed by atoms with Gasteiger partial charge in [-0.3, -0.25) is 4.79 Å². The number of piperidine rings is 1. The van der Waals surface area contributed by atoms with Crippen LogP contribution in [0, 0.1) is 0 Å². The van der Waals surface area contributed by atoms with Crippen molar-refractivity contribution in [2.75, 3.05) is 25.4 Å². The molecule has 1 saturated heterocycles. The summed E-state index contributed by atoms with van der Waals surface area (Å²) in [5, 5.41) is 5.12. The van der Waals surface area contributed by atoms with Gasteiger partial charge in [0, 0.05) is 25.7 Å². The maximum atomic E-state index is 12.3. The number of hydrogen-bond acceptors (Lipinski definition) is 4. The molecule has 9 heteroatoms. The van der Waals surface area contributed by atoms with Gasteiger partial charge in [-0.15, -0.1) is 0 Å². The lowest BCUT2D eigenvalue weighted by atomic mass is 10.0. The number of urea groups is 1. The molecule has 1 fully saturated rings. The number of amides is 3. The summed E-state index contributed by atoms with van der Waals surface area (Å²) in [4.78, 5) is 25.9. The van der Waals surface area contributed by atoms with E-state index in [4.69, 9.17) is 0 Å². The summed E-state index contributed by atoms with van der Waals surface area (Å²) in [6, 6.07) is -0.888. The standard InChI is InChI=1S/C14H28N4O4S/c1-4-23(21,22)16-9-8-15-14(20)17-12(3)13(19)18-10-6-5-7-11(18)2/h11-12,16H,4-10H2,1-3H3,(H2,15,17,20). The number of rotatable bonds is 7. The van der Waals surface area contributed by atoms with E-state index in [1.807, 2.05) is 11.8 Å². The average molecular weight is 348 g/mol. The number of sulfonamides is 1. The first-order chi connectivity index (χ1) is 10.8. The van der Waals surface area contributed by atoms with Crippen molar-refractivity contribution in [3.05, 3.63) is 0 Å². The van der Waals surface area contributed by atoms with E-state index >= 15 is 0 Å². The average Bonchev–Trinajstić information content (AvgIpc) is 2.51. The monoisotopic (exact) mass is 348 g/mol. The second-order valence-corrected chi connectivity index (χ2v) is 7.89. The smallest absolute Gasteiger partial charge is 0.315 e. The van der Waals surface area contributed by atoms with Crippen LogP contribution in [0.4, 0.5) is 4.79 Å². The van der Waals surface area contributed by atoms with Crippen molar-refractivity contribution < 1.29 is 18.0 Å². The van der Waals surface area contributed by atoms with Crippen molar-refractivity contribution in [3.8, 4) is 0 Å². The topological polar surface area (TPSA) is 108 Å². The summed E-state index contributed by atoms with van der Waals surface area (Å²) >= 11 is 0. The van der Waals surface area contributed by atoms with Crippen LogP contribution in [-0.4, -0.2) is 62.7 Å². The molecule has 1 rings (SSSR count). The fourth-order valence-electron chi connectivity index (χ4n) is 2.47. The molecule has 0 aromatic carbocycles. The van der Waals surface area contributed by atoms with Crippen LogP contribution in [0.5, 0.6) is 0 Å². The van der Waals surface area contributed by atoms with Crippen LogP contribution >= 0.6 is 0 Å². The zero-order chi connectivity index (χ0) is 17.5. The Morgan fingerprint density at radius 3 is 2.57 bits per heavy atom. The first kappa shape index (κ1) is 19.7. The quantitative estimate of drug-likeness (QED) is 0.564. The minimum atomic E-state index is -3.26. The number of hydrogen-bond donors (Lipinski definition) is 3. The molecule has 2 atom stereocenters. The van der Waals surface area contributed by atoms with E-state index in [-0.39, 0.29) is 30.8 Å². The van der Waals surface area contributed by atoms with Crippen LogP contribution in [0.25, 0.3) is 0 Å². The van der Waals surface area contributed by atoms with Gasteiger partial charge in [0.1, 0.15) is 6.04 Å². The fourth-order valence-corrected chi connectivity index (χ4v) is 3.09. The van der Waals surface area contributed by atoms with Gasteiger partial charge < -0.3 is 15.5 Å². The highest BCUT2D eigenvalue weighted by Gasteiger charge is 2.27. The highest BCUT2D eigenvalue weighted by molar-refractivity contribution is 7.89. The predicted molar refractivity (Wildman–Crippen MR) is 88.5 cm³/mol. The molecule has 0 aliphatic carbocycles.